The summed E-state index contributed by atoms with van der Waals surface area (Å²) >= 11 is 0. The van der Waals surface area contributed by atoms with Crippen LogP contribution >= 0.6 is 0 Å². The highest BCUT2D eigenvalue weighted by molar-refractivity contribution is 5.86. The summed E-state index contributed by atoms with van der Waals surface area (Å²) in [5, 5.41) is 10.4. The van der Waals surface area contributed by atoms with Crippen molar-refractivity contribution in [3.05, 3.63) is 47.2 Å². The summed E-state index contributed by atoms with van der Waals surface area (Å²) in [7, 11) is 1.23. The van der Waals surface area contributed by atoms with E-state index in [4.69, 9.17) is 9.47 Å². The van der Waals surface area contributed by atoms with Gasteiger partial charge in [0.1, 0.15) is 0 Å². The van der Waals surface area contributed by atoms with Crippen LogP contribution in [-0.4, -0.2) is 36.5 Å². The van der Waals surface area contributed by atoms with E-state index < -0.39 is 47.9 Å². The first kappa shape index (κ1) is 22.7. The zero-order valence-electron chi connectivity index (χ0n) is 16.2. The Labute approximate surface area is 166 Å². The number of carbonyl (C=O) groups is 2. The molecule has 0 fully saturated rings. The largest absolute Gasteiger partial charge is 0.469 e. The molecular weight excluding hydrogens is 393 g/mol. The molecule has 0 aliphatic carbocycles. The molecule has 1 aliphatic heterocycles. The van der Waals surface area contributed by atoms with E-state index in [1.807, 2.05) is 0 Å². The molecule has 0 bridgehead atoms. The molecule has 1 aromatic carbocycles. The van der Waals surface area contributed by atoms with Crippen LogP contribution in [0.5, 0.6) is 0 Å². The Balaban J connectivity index is 2.37. The van der Waals surface area contributed by atoms with Crippen LogP contribution in [0.1, 0.15) is 43.7 Å². The minimum atomic E-state index is -4.49. The van der Waals surface area contributed by atoms with Crippen molar-refractivity contribution in [2.75, 3.05) is 7.11 Å². The van der Waals surface area contributed by atoms with Gasteiger partial charge in [-0.1, -0.05) is 12.1 Å². The SMILES string of the molecule is COC(=O)CC[C@@H]1[C@@H](c2ccc(C(F)(F)F)cc2)C=C(C(=O)OC(C)C)O[C@@H]1O. The molecule has 0 saturated carbocycles. The van der Waals surface area contributed by atoms with Gasteiger partial charge >= 0.3 is 18.1 Å². The first-order chi connectivity index (χ1) is 13.5. The van der Waals surface area contributed by atoms with Gasteiger partial charge in [-0.2, -0.15) is 13.2 Å². The lowest BCUT2D eigenvalue weighted by Gasteiger charge is -2.34. The van der Waals surface area contributed by atoms with E-state index in [0.717, 1.165) is 12.1 Å². The maximum Gasteiger partial charge on any atom is 0.416 e. The van der Waals surface area contributed by atoms with Crippen molar-refractivity contribution >= 4 is 11.9 Å². The van der Waals surface area contributed by atoms with Crippen LogP contribution in [0.3, 0.4) is 0 Å². The summed E-state index contributed by atoms with van der Waals surface area (Å²) in [6, 6.07) is 4.40. The van der Waals surface area contributed by atoms with Gasteiger partial charge in [-0.05, 0) is 44.0 Å². The van der Waals surface area contributed by atoms with Crippen molar-refractivity contribution < 1.29 is 42.1 Å². The Morgan fingerprint density at radius 1 is 1.21 bits per heavy atom. The summed E-state index contributed by atoms with van der Waals surface area (Å²) in [5.41, 5.74) is -0.381. The van der Waals surface area contributed by atoms with Gasteiger partial charge in [-0.3, -0.25) is 4.79 Å². The smallest absolute Gasteiger partial charge is 0.416 e. The number of hydrogen-bond acceptors (Lipinski definition) is 6. The average molecular weight is 416 g/mol. The highest BCUT2D eigenvalue weighted by Gasteiger charge is 2.38. The van der Waals surface area contributed by atoms with E-state index in [-0.39, 0.29) is 18.6 Å². The van der Waals surface area contributed by atoms with Crippen LogP contribution in [0, 0.1) is 5.92 Å². The molecule has 0 spiro atoms. The van der Waals surface area contributed by atoms with Crippen molar-refractivity contribution in [1.82, 2.24) is 0 Å². The molecule has 0 radical (unpaired) electrons. The fourth-order valence-corrected chi connectivity index (χ4v) is 3.06. The molecule has 6 nitrogen and oxygen atoms in total. The number of methoxy groups -OCH3 is 1. The van der Waals surface area contributed by atoms with Gasteiger partial charge in [0, 0.05) is 18.3 Å². The molecule has 2 rings (SSSR count). The first-order valence-corrected chi connectivity index (χ1v) is 9.04. The second-order valence-corrected chi connectivity index (χ2v) is 6.92. The van der Waals surface area contributed by atoms with Gasteiger partial charge in [0.15, 0.2) is 0 Å². The van der Waals surface area contributed by atoms with E-state index >= 15 is 0 Å². The third kappa shape index (κ3) is 5.96. The van der Waals surface area contributed by atoms with Crippen molar-refractivity contribution in [3.63, 3.8) is 0 Å². The first-order valence-electron chi connectivity index (χ1n) is 9.04. The van der Waals surface area contributed by atoms with Crippen LogP contribution in [0.25, 0.3) is 0 Å². The normalized spacial score (nSPS) is 21.9. The van der Waals surface area contributed by atoms with Crippen LogP contribution < -0.4 is 0 Å². The van der Waals surface area contributed by atoms with Gasteiger partial charge in [0.05, 0.1) is 18.8 Å². The molecule has 0 amide bonds. The number of allylic oxidation sites excluding steroid dienone is 1. The predicted molar refractivity (Wildman–Crippen MR) is 95.3 cm³/mol. The topological polar surface area (TPSA) is 82.1 Å². The zero-order chi connectivity index (χ0) is 21.8. The lowest BCUT2D eigenvalue weighted by atomic mass is 9.80. The van der Waals surface area contributed by atoms with E-state index in [9.17, 15) is 27.9 Å². The van der Waals surface area contributed by atoms with Gasteiger partial charge in [0.25, 0.3) is 0 Å². The number of benzene rings is 1. The lowest BCUT2D eigenvalue weighted by Crippen LogP contribution is -2.35. The number of alkyl halides is 3. The quantitative estimate of drug-likeness (QED) is 0.715. The van der Waals surface area contributed by atoms with E-state index in [1.165, 1.54) is 25.3 Å². The van der Waals surface area contributed by atoms with Crippen molar-refractivity contribution in [2.45, 2.75) is 51.2 Å². The molecule has 0 saturated heterocycles. The number of ether oxygens (including phenoxy) is 3. The molecule has 0 aromatic heterocycles. The van der Waals surface area contributed by atoms with Gasteiger partial charge in [-0.25, -0.2) is 4.79 Å². The maximum absolute atomic E-state index is 12.9. The Morgan fingerprint density at radius 3 is 2.34 bits per heavy atom. The predicted octanol–water partition coefficient (Wildman–Crippen LogP) is 3.54. The molecule has 0 unspecified atom stereocenters. The van der Waals surface area contributed by atoms with E-state index in [0.29, 0.717) is 5.56 Å². The number of esters is 2. The Bertz CT molecular complexity index is 754. The van der Waals surface area contributed by atoms with Crippen molar-refractivity contribution in [2.24, 2.45) is 5.92 Å². The number of carbonyl (C=O) groups excluding carboxylic acids is 2. The number of rotatable bonds is 6. The number of halogens is 3. The third-order valence-corrected chi connectivity index (χ3v) is 4.48. The summed E-state index contributed by atoms with van der Waals surface area (Å²) < 4.78 is 53.5. The van der Waals surface area contributed by atoms with E-state index in [1.54, 1.807) is 13.8 Å². The minimum absolute atomic E-state index is 0.0294. The van der Waals surface area contributed by atoms with Crippen LogP contribution in [-0.2, 0) is 30.0 Å². The second kappa shape index (κ2) is 9.30. The lowest BCUT2D eigenvalue weighted by molar-refractivity contribution is -0.164. The number of aliphatic hydroxyl groups is 1. The fraction of sp³-hybridized carbons (Fsp3) is 0.500. The molecule has 3 atom stereocenters. The summed E-state index contributed by atoms with van der Waals surface area (Å²) in [6.07, 6.45) is -4.85. The monoisotopic (exact) mass is 416 g/mol. The molecular formula is C20H23F3O6. The number of hydrogen-bond donors (Lipinski definition) is 1. The van der Waals surface area contributed by atoms with Gasteiger partial charge < -0.3 is 19.3 Å². The summed E-state index contributed by atoms with van der Waals surface area (Å²) in [4.78, 5) is 23.7. The van der Waals surface area contributed by atoms with E-state index in [2.05, 4.69) is 4.74 Å². The Kier molecular flexibility index (Phi) is 7.29. The molecule has 1 heterocycles. The standard InChI is InChI=1S/C20H23F3O6/c1-11(2)28-19(26)16-10-15(12-4-6-13(7-5-12)20(21,22)23)14(18(25)29-16)8-9-17(24)27-3/h4-7,10-11,14-15,18,25H,8-9H2,1-3H3/t14-,15-,18+/m1/s1. The molecule has 1 aliphatic rings. The van der Waals surface area contributed by atoms with Crippen molar-refractivity contribution in [1.29, 1.82) is 0 Å². The van der Waals surface area contributed by atoms with Crippen LogP contribution in [0.2, 0.25) is 0 Å². The van der Waals surface area contributed by atoms with Crippen LogP contribution in [0.4, 0.5) is 13.2 Å². The molecule has 29 heavy (non-hydrogen) atoms. The molecule has 1 N–H and O–H groups in total. The highest BCUT2D eigenvalue weighted by atomic mass is 19.4. The molecule has 1 aromatic rings. The summed E-state index contributed by atoms with van der Waals surface area (Å²) in [6.45, 7) is 3.29. The van der Waals surface area contributed by atoms with Gasteiger partial charge in [0.2, 0.25) is 12.0 Å². The van der Waals surface area contributed by atoms with Gasteiger partial charge in [-0.15, -0.1) is 0 Å². The Morgan fingerprint density at radius 2 is 1.83 bits per heavy atom. The summed E-state index contributed by atoms with van der Waals surface area (Å²) in [5.74, 6) is -2.87. The number of aliphatic hydroxyl groups excluding tert-OH is 1. The van der Waals surface area contributed by atoms with Crippen molar-refractivity contribution in [3.8, 4) is 0 Å². The highest BCUT2D eigenvalue weighted by Crippen LogP contribution is 2.39. The maximum atomic E-state index is 12.9. The Hall–Kier alpha value is -2.55. The molecule has 160 valence electrons. The van der Waals surface area contributed by atoms with Crippen LogP contribution in [0.15, 0.2) is 36.1 Å². The second-order valence-electron chi connectivity index (χ2n) is 6.92. The zero-order valence-corrected chi connectivity index (χ0v) is 16.2. The third-order valence-electron chi connectivity index (χ3n) is 4.48. The fourth-order valence-electron chi connectivity index (χ4n) is 3.06. The average Bonchev–Trinajstić information content (AvgIpc) is 2.65. The minimum Gasteiger partial charge on any atom is -0.469 e. The molecule has 9 heteroatoms.